The SMILES string of the molecule is CCCCCCCCN(CC(O)CN1CCN(CC(=O)OCC)CCN(CC(=O)OCC)CCN(CC(=O)OCC)CC1)S(C)(=O)=O. The first-order chi connectivity index (χ1) is 22.4. The van der Waals surface area contributed by atoms with Crippen LogP contribution in [0.4, 0.5) is 0 Å². The van der Waals surface area contributed by atoms with Crippen LogP contribution in [0.1, 0.15) is 66.2 Å². The Hall–Kier alpha value is -1.88. The quantitative estimate of drug-likeness (QED) is 0.103. The maximum absolute atomic E-state index is 12.6. The van der Waals surface area contributed by atoms with Gasteiger partial charge in [0.25, 0.3) is 0 Å². The molecular formula is C32H63N5O9S. The van der Waals surface area contributed by atoms with E-state index in [4.69, 9.17) is 14.2 Å². The van der Waals surface area contributed by atoms with E-state index in [9.17, 15) is 27.9 Å². The molecule has 1 atom stereocenters. The number of rotatable bonds is 21. The third-order valence-electron chi connectivity index (χ3n) is 8.02. The van der Waals surface area contributed by atoms with E-state index in [0.717, 1.165) is 32.1 Å². The third-order valence-corrected chi connectivity index (χ3v) is 9.29. The number of unbranched alkanes of at least 4 members (excludes halogenated alkanes) is 5. The molecule has 0 aliphatic carbocycles. The van der Waals surface area contributed by atoms with Crippen molar-refractivity contribution in [1.82, 2.24) is 23.9 Å². The zero-order valence-corrected chi connectivity index (χ0v) is 30.5. The first-order valence-electron chi connectivity index (χ1n) is 17.4. The Balaban J connectivity index is 3.09. The summed E-state index contributed by atoms with van der Waals surface area (Å²) in [5.74, 6) is -1.03. The summed E-state index contributed by atoms with van der Waals surface area (Å²) in [5, 5.41) is 11.1. The highest BCUT2D eigenvalue weighted by molar-refractivity contribution is 7.88. The van der Waals surface area contributed by atoms with Gasteiger partial charge >= 0.3 is 17.9 Å². The molecule has 15 heteroatoms. The van der Waals surface area contributed by atoms with Crippen molar-refractivity contribution >= 4 is 27.9 Å². The number of aliphatic hydroxyl groups excluding tert-OH is 1. The van der Waals surface area contributed by atoms with Gasteiger partial charge in [0, 0.05) is 72.0 Å². The van der Waals surface area contributed by atoms with Crippen molar-refractivity contribution in [3.05, 3.63) is 0 Å². The minimum atomic E-state index is -3.51. The molecule has 0 bridgehead atoms. The number of carbonyl (C=O) groups excluding carboxylic acids is 3. The maximum Gasteiger partial charge on any atom is 0.320 e. The normalized spacial score (nSPS) is 17.5. The zero-order valence-electron chi connectivity index (χ0n) is 29.7. The third kappa shape index (κ3) is 21.0. The number of hydrogen-bond acceptors (Lipinski definition) is 13. The van der Waals surface area contributed by atoms with Crippen molar-refractivity contribution in [2.24, 2.45) is 0 Å². The van der Waals surface area contributed by atoms with Crippen LogP contribution >= 0.6 is 0 Å². The molecule has 0 radical (unpaired) electrons. The fraction of sp³-hybridized carbons (Fsp3) is 0.906. The fourth-order valence-corrected chi connectivity index (χ4v) is 6.36. The van der Waals surface area contributed by atoms with Gasteiger partial charge in [-0.25, -0.2) is 8.42 Å². The summed E-state index contributed by atoms with van der Waals surface area (Å²) >= 11 is 0. The number of aliphatic hydroxyl groups is 1. The van der Waals surface area contributed by atoms with Crippen molar-refractivity contribution in [2.75, 3.05) is 118 Å². The average Bonchev–Trinajstić information content (AvgIpc) is 2.99. The van der Waals surface area contributed by atoms with Crippen LogP contribution in [0.2, 0.25) is 0 Å². The van der Waals surface area contributed by atoms with Crippen LogP contribution < -0.4 is 0 Å². The Morgan fingerprint density at radius 3 is 1.36 bits per heavy atom. The van der Waals surface area contributed by atoms with E-state index in [1.54, 1.807) is 20.8 Å². The molecule has 1 N–H and O–H groups in total. The van der Waals surface area contributed by atoms with Gasteiger partial charge in [-0.2, -0.15) is 4.31 Å². The van der Waals surface area contributed by atoms with Gasteiger partial charge in [-0.3, -0.25) is 34.0 Å². The molecule has 0 saturated carbocycles. The monoisotopic (exact) mass is 693 g/mol. The van der Waals surface area contributed by atoms with Crippen molar-refractivity contribution in [2.45, 2.75) is 72.3 Å². The van der Waals surface area contributed by atoms with Crippen LogP contribution in [0.25, 0.3) is 0 Å². The van der Waals surface area contributed by atoms with Crippen molar-refractivity contribution in [3.8, 4) is 0 Å². The molecule has 0 aromatic carbocycles. The van der Waals surface area contributed by atoms with Crippen LogP contribution in [0.15, 0.2) is 0 Å². The molecule has 0 amide bonds. The van der Waals surface area contributed by atoms with Crippen LogP contribution in [-0.4, -0.2) is 179 Å². The first-order valence-corrected chi connectivity index (χ1v) is 19.3. The van der Waals surface area contributed by atoms with Gasteiger partial charge in [0.1, 0.15) is 0 Å². The molecule has 0 aromatic rings. The van der Waals surface area contributed by atoms with Gasteiger partial charge in [0.2, 0.25) is 10.0 Å². The molecule has 1 unspecified atom stereocenters. The highest BCUT2D eigenvalue weighted by Gasteiger charge is 2.25. The molecule has 0 aromatic heterocycles. The lowest BCUT2D eigenvalue weighted by Gasteiger charge is -2.34. The molecular weight excluding hydrogens is 630 g/mol. The van der Waals surface area contributed by atoms with E-state index in [1.165, 1.54) is 17.0 Å². The molecule has 276 valence electrons. The number of β-amino-alcohol motifs (C(OH)–C–C–N with tert-alkyl or cyclic N) is 1. The molecule has 1 saturated heterocycles. The number of nitrogens with zero attached hydrogens (tertiary/aromatic N) is 5. The summed E-state index contributed by atoms with van der Waals surface area (Å²) in [6.45, 7) is 12.9. The average molecular weight is 694 g/mol. The minimum absolute atomic E-state index is 0.00774. The van der Waals surface area contributed by atoms with Gasteiger partial charge < -0.3 is 19.3 Å². The van der Waals surface area contributed by atoms with Crippen LogP contribution in [-0.2, 0) is 38.6 Å². The summed E-state index contributed by atoms with van der Waals surface area (Å²) in [6.07, 6.45) is 6.44. The Kier molecular flexibility index (Phi) is 23.1. The number of esters is 3. The molecule has 1 aliphatic rings. The Morgan fingerprint density at radius 2 is 1.00 bits per heavy atom. The molecule has 47 heavy (non-hydrogen) atoms. The second-order valence-electron chi connectivity index (χ2n) is 12.1. The second-order valence-corrected chi connectivity index (χ2v) is 14.1. The van der Waals surface area contributed by atoms with Crippen LogP contribution in [0, 0.1) is 0 Å². The number of carbonyl (C=O) groups is 3. The van der Waals surface area contributed by atoms with E-state index >= 15 is 0 Å². The summed E-state index contributed by atoms with van der Waals surface area (Å²) in [4.78, 5) is 45.2. The van der Waals surface area contributed by atoms with Gasteiger partial charge in [-0.15, -0.1) is 0 Å². The molecule has 1 rings (SSSR count). The van der Waals surface area contributed by atoms with Gasteiger partial charge in [-0.1, -0.05) is 39.0 Å². The molecule has 1 heterocycles. The summed E-state index contributed by atoms with van der Waals surface area (Å²) in [7, 11) is -3.51. The van der Waals surface area contributed by atoms with E-state index in [1.807, 2.05) is 19.6 Å². The summed E-state index contributed by atoms with van der Waals surface area (Å²) < 4.78 is 42.1. The first kappa shape index (κ1) is 43.1. The summed E-state index contributed by atoms with van der Waals surface area (Å²) in [6, 6.07) is 0. The van der Waals surface area contributed by atoms with Gasteiger partial charge in [0.15, 0.2) is 0 Å². The molecule has 14 nitrogen and oxygen atoms in total. The number of sulfonamides is 1. The van der Waals surface area contributed by atoms with E-state index < -0.39 is 16.1 Å². The lowest BCUT2D eigenvalue weighted by molar-refractivity contribution is -0.146. The zero-order chi connectivity index (χ0) is 35.1. The lowest BCUT2D eigenvalue weighted by atomic mass is 10.1. The predicted octanol–water partition coefficient (Wildman–Crippen LogP) is 0.880. The molecule has 1 aliphatic heterocycles. The van der Waals surface area contributed by atoms with Gasteiger partial charge in [0.05, 0.1) is 51.8 Å². The fourth-order valence-electron chi connectivity index (χ4n) is 5.45. The van der Waals surface area contributed by atoms with E-state index in [0.29, 0.717) is 58.9 Å². The molecule has 1 fully saturated rings. The lowest BCUT2D eigenvalue weighted by Crippen LogP contribution is -2.50. The topological polar surface area (TPSA) is 149 Å². The largest absolute Gasteiger partial charge is 0.465 e. The minimum Gasteiger partial charge on any atom is -0.465 e. The highest BCUT2D eigenvalue weighted by Crippen LogP contribution is 2.10. The van der Waals surface area contributed by atoms with Crippen molar-refractivity contribution in [1.29, 1.82) is 0 Å². The highest BCUT2D eigenvalue weighted by atomic mass is 32.2. The second kappa shape index (κ2) is 25.1. The Bertz CT molecular complexity index is 952. The smallest absolute Gasteiger partial charge is 0.320 e. The number of ether oxygens (including phenoxy) is 3. The predicted molar refractivity (Wildman–Crippen MR) is 181 cm³/mol. The maximum atomic E-state index is 12.6. The number of hydrogen-bond donors (Lipinski definition) is 1. The van der Waals surface area contributed by atoms with Crippen LogP contribution in [0.5, 0.6) is 0 Å². The summed E-state index contributed by atoms with van der Waals surface area (Å²) in [5.41, 5.74) is 0. The Morgan fingerprint density at radius 1 is 0.638 bits per heavy atom. The standard InChI is InChI=1S/C32H63N5O9S/c1-6-10-11-12-13-14-15-37(47(5,42)43)25-29(38)24-33-16-18-34(26-30(39)44-7-2)20-22-36(28-32(41)46-9-4)23-21-35(19-17-33)27-31(40)45-8-3/h29,38H,6-28H2,1-5H3. The van der Waals surface area contributed by atoms with Crippen LogP contribution in [0.3, 0.4) is 0 Å². The van der Waals surface area contributed by atoms with E-state index in [-0.39, 0.29) is 70.5 Å². The van der Waals surface area contributed by atoms with Gasteiger partial charge in [-0.05, 0) is 27.2 Å². The molecule has 0 spiro atoms. The Labute approximate surface area is 283 Å². The van der Waals surface area contributed by atoms with Crippen molar-refractivity contribution < 1.29 is 42.1 Å². The van der Waals surface area contributed by atoms with Crippen molar-refractivity contribution in [3.63, 3.8) is 0 Å². The van der Waals surface area contributed by atoms with E-state index in [2.05, 4.69) is 6.92 Å².